The molecule has 1 amide bonds. The Morgan fingerprint density at radius 2 is 1.95 bits per heavy atom. The number of hydrogen-bond donors (Lipinski definition) is 1. The van der Waals surface area contributed by atoms with Gasteiger partial charge in [0, 0.05) is 6.04 Å². The Morgan fingerprint density at radius 1 is 1.21 bits per heavy atom. The molecule has 2 fully saturated rings. The van der Waals surface area contributed by atoms with E-state index in [2.05, 4.69) is 37.9 Å². The van der Waals surface area contributed by atoms with Crippen molar-refractivity contribution in [3.8, 4) is 0 Å². The molecule has 3 nitrogen and oxygen atoms in total. The first kappa shape index (κ1) is 14.8. The van der Waals surface area contributed by atoms with E-state index in [-0.39, 0.29) is 12.2 Å². The molecule has 19 heavy (non-hydrogen) atoms. The van der Waals surface area contributed by atoms with Gasteiger partial charge < -0.3 is 4.90 Å². The topological polar surface area (TPSA) is 32.3 Å². The normalized spacial score (nSPS) is 39.9. The smallest absolute Gasteiger partial charge is 0.241 e. The minimum atomic E-state index is 0.0737. The van der Waals surface area contributed by atoms with Gasteiger partial charge in [0.2, 0.25) is 5.91 Å². The van der Waals surface area contributed by atoms with Crippen LogP contribution in [0.15, 0.2) is 0 Å². The molecule has 2 aliphatic rings. The second kappa shape index (κ2) is 6.25. The zero-order valence-corrected chi connectivity index (χ0v) is 13.0. The summed E-state index contributed by atoms with van der Waals surface area (Å²) in [7, 11) is 0. The monoisotopic (exact) mass is 266 g/mol. The van der Waals surface area contributed by atoms with Crippen molar-refractivity contribution in [3.05, 3.63) is 0 Å². The van der Waals surface area contributed by atoms with Crippen molar-refractivity contribution >= 4 is 5.91 Å². The molecule has 1 aliphatic heterocycles. The minimum Gasteiger partial charge on any atom is -0.323 e. The molecule has 5 atom stereocenters. The van der Waals surface area contributed by atoms with Gasteiger partial charge in [-0.05, 0) is 43.9 Å². The summed E-state index contributed by atoms with van der Waals surface area (Å²) in [6, 6.07) is 0.544. The number of amides is 1. The van der Waals surface area contributed by atoms with E-state index in [0.717, 1.165) is 31.1 Å². The Kier molecular flexibility index (Phi) is 4.88. The fourth-order valence-corrected chi connectivity index (χ4v) is 3.73. The third-order valence-electron chi connectivity index (χ3n) is 5.21. The van der Waals surface area contributed by atoms with E-state index < -0.39 is 0 Å². The molecule has 110 valence electrons. The zero-order chi connectivity index (χ0) is 14.0. The lowest BCUT2D eigenvalue weighted by Gasteiger charge is -2.39. The quantitative estimate of drug-likeness (QED) is 0.848. The molecule has 0 aromatic rings. The van der Waals surface area contributed by atoms with E-state index in [1.165, 1.54) is 19.3 Å². The minimum absolute atomic E-state index is 0.0737. The van der Waals surface area contributed by atoms with Crippen LogP contribution in [-0.4, -0.2) is 29.1 Å². The second-order valence-electron chi connectivity index (χ2n) is 6.60. The van der Waals surface area contributed by atoms with Crippen LogP contribution in [-0.2, 0) is 4.79 Å². The van der Waals surface area contributed by atoms with Gasteiger partial charge >= 0.3 is 0 Å². The standard InChI is InChI=1S/C16H30N2O/c1-5-7-14-16(19)18(15(6-2)17-14)13-9-8-11(3)12(4)10-13/h11-15,17H,5-10H2,1-4H3. The molecule has 1 aliphatic carbocycles. The zero-order valence-electron chi connectivity index (χ0n) is 13.0. The fourth-order valence-electron chi connectivity index (χ4n) is 3.73. The molecule has 0 bridgehead atoms. The van der Waals surface area contributed by atoms with Crippen LogP contribution in [0.1, 0.15) is 66.2 Å². The first-order valence-electron chi connectivity index (χ1n) is 8.16. The Labute approximate surface area is 118 Å². The van der Waals surface area contributed by atoms with Crippen LogP contribution in [0, 0.1) is 11.8 Å². The Bertz CT molecular complexity index is 318. The lowest BCUT2D eigenvalue weighted by molar-refractivity contribution is -0.133. The van der Waals surface area contributed by atoms with Gasteiger partial charge in [0.15, 0.2) is 0 Å². The summed E-state index contributed by atoms with van der Waals surface area (Å²) in [6.45, 7) is 9.03. The first-order chi connectivity index (χ1) is 9.08. The third kappa shape index (κ3) is 2.96. The molecular formula is C16H30N2O. The molecular weight excluding hydrogens is 236 g/mol. The lowest BCUT2D eigenvalue weighted by Crippen LogP contribution is -2.47. The van der Waals surface area contributed by atoms with Crippen LogP contribution in [0.5, 0.6) is 0 Å². The summed E-state index contributed by atoms with van der Waals surface area (Å²) in [6.07, 6.45) is 6.99. The molecule has 0 spiro atoms. The number of hydrogen-bond acceptors (Lipinski definition) is 2. The molecule has 3 heteroatoms. The Hall–Kier alpha value is -0.570. The maximum atomic E-state index is 12.6. The highest BCUT2D eigenvalue weighted by Gasteiger charge is 2.42. The fraction of sp³-hybridized carbons (Fsp3) is 0.938. The predicted molar refractivity (Wildman–Crippen MR) is 78.7 cm³/mol. The average Bonchev–Trinajstić information content (AvgIpc) is 2.70. The van der Waals surface area contributed by atoms with Crippen molar-refractivity contribution in [1.82, 2.24) is 10.2 Å². The van der Waals surface area contributed by atoms with Crippen molar-refractivity contribution in [2.75, 3.05) is 0 Å². The van der Waals surface area contributed by atoms with Gasteiger partial charge in [-0.3, -0.25) is 10.1 Å². The maximum absolute atomic E-state index is 12.6. The van der Waals surface area contributed by atoms with Crippen molar-refractivity contribution < 1.29 is 4.79 Å². The van der Waals surface area contributed by atoms with Crippen molar-refractivity contribution in [3.63, 3.8) is 0 Å². The van der Waals surface area contributed by atoms with Crippen molar-refractivity contribution in [2.45, 2.75) is 84.5 Å². The van der Waals surface area contributed by atoms with Gasteiger partial charge in [-0.25, -0.2) is 0 Å². The molecule has 1 heterocycles. The summed E-state index contributed by atoms with van der Waals surface area (Å²) in [5, 5.41) is 3.54. The highest BCUT2D eigenvalue weighted by atomic mass is 16.2. The van der Waals surface area contributed by atoms with Crippen LogP contribution in [0.3, 0.4) is 0 Å². The molecule has 0 aromatic carbocycles. The maximum Gasteiger partial charge on any atom is 0.241 e. The Balaban J connectivity index is 2.06. The summed E-state index contributed by atoms with van der Waals surface area (Å²) in [4.78, 5) is 14.8. The lowest BCUT2D eigenvalue weighted by atomic mass is 9.78. The average molecular weight is 266 g/mol. The van der Waals surface area contributed by atoms with Crippen molar-refractivity contribution in [1.29, 1.82) is 0 Å². The van der Waals surface area contributed by atoms with Crippen LogP contribution in [0.25, 0.3) is 0 Å². The van der Waals surface area contributed by atoms with Crippen LogP contribution < -0.4 is 5.32 Å². The van der Waals surface area contributed by atoms with Gasteiger partial charge in [0.25, 0.3) is 0 Å². The molecule has 1 saturated carbocycles. The Morgan fingerprint density at radius 3 is 2.53 bits per heavy atom. The summed E-state index contributed by atoms with van der Waals surface area (Å²) in [5.41, 5.74) is 0. The highest BCUT2D eigenvalue weighted by molar-refractivity contribution is 5.84. The number of carbonyl (C=O) groups is 1. The molecule has 0 radical (unpaired) electrons. The van der Waals surface area contributed by atoms with Gasteiger partial charge in [0.1, 0.15) is 0 Å². The van der Waals surface area contributed by atoms with Crippen LogP contribution in [0.2, 0.25) is 0 Å². The highest BCUT2D eigenvalue weighted by Crippen LogP contribution is 2.34. The number of nitrogens with one attached hydrogen (secondary N) is 1. The van der Waals surface area contributed by atoms with E-state index in [1.807, 2.05) is 0 Å². The summed E-state index contributed by atoms with van der Waals surface area (Å²) < 4.78 is 0. The summed E-state index contributed by atoms with van der Waals surface area (Å²) in [5.74, 6) is 1.92. The first-order valence-corrected chi connectivity index (χ1v) is 8.16. The van der Waals surface area contributed by atoms with E-state index in [9.17, 15) is 4.79 Å². The van der Waals surface area contributed by atoms with Crippen LogP contribution >= 0.6 is 0 Å². The van der Waals surface area contributed by atoms with E-state index in [1.54, 1.807) is 0 Å². The molecule has 1 saturated heterocycles. The summed E-state index contributed by atoms with van der Waals surface area (Å²) >= 11 is 0. The molecule has 0 aromatic heterocycles. The van der Waals surface area contributed by atoms with Gasteiger partial charge in [-0.1, -0.05) is 34.1 Å². The number of nitrogens with zero attached hydrogens (tertiary/aromatic N) is 1. The van der Waals surface area contributed by atoms with Gasteiger partial charge in [-0.15, -0.1) is 0 Å². The third-order valence-corrected chi connectivity index (χ3v) is 5.21. The largest absolute Gasteiger partial charge is 0.323 e. The van der Waals surface area contributed by atoms with Crippen LogP contribution in [0.4, 0.5) is 0 Å². The molecule has 2 rings (SSSR count). The second-order valence-corrected chi connectivity index (χ2v) is 6.60. The number of carbonyl (C=O) groups excluding carboxylic acids is 1. The van der Waals surface area contributed by atoms with Gasteiger partial charge in [0.05, 0.1) is 12.2 Å². The van der Waals surface area contributed by atoms with Crippen molar-refractivity contribution in [2.24, 2.45) is 11.8 Å². The predicted octanol–water partition coefficient (Wildman–Crippen LogP) is 3.15. The number of rotatable bonds is 4. The van der Waals surface area contributed by atoms with E-state index in [4.69, 9.17) is 0 Å². The molecule has 1 N–H and O–H groups in total. The van der Waals surface area contributed by atoms with Gasteiger partial charge in [-0.2, -0.15) is 0 Å². The van der Waals surface area contributed by atoms with E-state index >= 15 is 0 Å². The SMILES string of the molecule is CCCC1NC(CC)N(C2CCC(C)C(C)C2)C1=O. The molecule has 5 unspecified atom stereocenters. The van der Waals surface area contributed by atoms with E-state index in [0.29, 0.717) is 11.9 Å².